The molecule has 4 heteroatoms. The first-order valence-corrected chi connectivity index (χ1v) is 7.47. The van der Waals surface area contributed by atoms with Crippen molar-refractivity contribution in [3.8, 4) is 0 Å². The number of rotatable bonds is 4. The Morgan fingerprint density at radius 1 is 1.47 bits per heavy atom. The summed E-state index contributed by atoms with van der Waals surface area (Å²) in [5.74, 6) is 0.546. The van der Waals surface area contributed by atoms with Crippen molar-refractivity contribution in [3.63, 3.8) is 0 Å². The Hall–Kier alpha value is -0.220. The first-order chi connectivity index (χ1) is 7.82. The summed E-state index contributed by atoms with van der Waals surface area (Å²) < 4.78 is 0. The third-order valence-electron chi connectivity index (χ3n) is 3.40. The molecule has 0 aromatic heterocycles. The molecular formula is C13H25NO2S. The van der Waals surface area contributed by atoms with E-state index in [1.54, 1.807) is 0 Å². The molecule has 0 aliphatic carbocycles. The molecule has 100 valence electrons. The molecule has 17 heavy (non-hydrogen) atoms. The summed E-state index contributed by atoms with van der Waals surface area (Å²) in [6.07, 6.45) is 2.69. The number of hydrogen-bond acceptors (Lipinski definition) is 3. The van der Waals surface area contributed by atoms with Gasteiger partial charge in [0.1, 0.15) is 0 Å². The van der Waals surface area contributed by atoms with Crippen LogP contribution in [0.5, 0.6) is 0 Å². The molecule has 1 fully saturated rings. The van der Waals surface area contributed by atoms with E-state index in [2.05, 4.69) is 32.6 Å². The molecular weight excluding hydrogens is 234 g/mol. The Bertz CT molecular complexity index is 263. The van der Waals surface area contributed by atoms with Gasteiger partial charge in [0.05, 0.1) is 6.42 Å². The highest BCUT2D eigenvalue weighted by Crippen LogP contribution is 2.32. The lowest BCUT2D eigenvalue weighted by molar-refractivity contribution is -0.137. The number of carboxylic acids is 1. The van der Waals surface area contributed by atoms with E-state index >= 15 is 0 Å². The van der Waals surface area contributed by atoms with Crippen LogP contribution in [0.3, 0.4) is 0 Å². The van der Waals surface area contributed by atoms with Crippen molar-refractivity contribution < 1.29 is 9.90 Å². The van der Waals surface area contributed by atoms with Gasteiger partial charge >= 0.3 is 5.97 Å². The Kier molecular flexibility index (Phi) is 5.32. The fourth-order valence-corrected chi connectivity index (χ4v) is 3.74. The molecule has 2 atom stereocenters. The average molecular weight is 259 g/mol. The number of thioether (sulfide) groups is 1. The maximum atomic E-state index is 10.8. The highest BCUT2D eigenvalue weighted by Gasteiger charge is 2.34. The summed E-state index contributed by atoms with van der Waals surface area (Å²) >= 11 is 2.02. The monoisotopic (exact) mass is 259 g/mol. The predicted octanol–water partition coefficient (Wildman–Crippen LogP) is 2.85. The van der Waals surface area contributed by atoms with Gasteiger partial charge in [-0.1, -0.05) is 6.92 Å². The summed E-state index contributed by atoms with van der Waals surface area (Å²) in [5.41, 5.74) is 0.0479. The van der Waals surface area contributed by atoms with Crippen molar-refractivity contribution >= 4 is 17.7 Å². The van der Waals surface area contributed by atoms with Gasteiger partial charge in [-0.25, -0.2) is 0 Å². The van der Waals surface area contributed by atoms with E-state index in [1.165, 1.54) is 18.6 Å². The maximum absolute atomic E-state index is 10.8. The normalized spacial score (nSPS) is 26.2. The second-order valence-electron chi connectivity index (χ2n) is 5.79. The third-order valence-corrected chi connectivity index (χ3v) is 4.76. The molecule has 1 saturated heterocycles. The summed E-state index contributed by atoms with van der Waals surface area (Å²) in [7, 11) is 0. The smallest absolute Gasteiger partial charge is 0.304 e. The lowest BCUT2D eigenvalue weighted by atomic mass is 9.97. The second kappa shape index (κ2) is 6.10. The molecule has 2 unspecified atom stereocenters. The second-order valence-corrected chi connectivity index (χ2v) is 7.28. The zero-order chi connectivity index (χ0) is 13.1. The quantitative estimate of drug-likeness (QED) is 0.843. The summed E-state index contributed by atoms with van der Waals surface area (Å²) in [5, 5.41) is 9.47. The van der Waals surface area contributed by atoms with Crippen LogP contribution >= 0.6 is 11.8 Å². The standard InChI is InChI=1S/C13H25NO2S/c1-10-11(6-5-9-17-10)14(13(2,3)4)8-7-12(15)16/h10-11H,5-9H2,1-4H3,(H,15,16). The van der Waals surface area contributed by atoms with Crippen LogP contribution in [0, 0.1) is 0 Å². The Morgan fingerprint density at radius 3 is 2.59 bits per heavy atom. The highest BCUT2D eigenvalue weighted by molar-refractivity contribution is 7.99. The molecule has 0 aromatic carbocycles. The Morgan fingerprint density at radius 2 is 2.12 bits per heavy atom. The third kappa shape index (κ3) is 4.51. The number of hydrogen-bond donors (Lipinski definition) is 1. The van der Waals surface area contributed by atoms with E-state index in [1.807, 2.05) is 11.8 Å². The van der Waals surface area contributed by atoms with Crippen LogP contribution in [0.4, 0.5) is 0 Å². The minimum Gasteiger partial charge on any atom is -0.481 e. The van der Waals surface area contributed by atoms with Crippen LogP contribution in [0.2, 0.25) is 0 Å². The van der Waals surface area contributed by atoms with E-state index in [0.29, 0.717) is 17.8 Å². The van der Waals surface area contributed by atoms with Crippen LogP contribution in [0.1, 0.15) is 47.0 Å². The van der Waals surface area contributed by atoms with Crippen LogP contribution in [-0.2, 0) is 4.79 Å². The molecule has 1 heterocycles. The van der Waals surface area contributed by atoms with E-state index in [4.69, 9.17) is 5.11 Å². The molecule has 3 nitrogen and oxygen atoms in total. The molecule has 0 aromatic rings. The highest BCUT2D eigenvalue weighted by atomic mass is 32.2. The number of aliphatic carboxylic acids is 1. The number of carbonyl (C=O) groups is 1. The fraction of sp³-hybridized carbons (Fsp3) is 0.923. The predicted molar refractivity (Wildman–Crippen MR) is 73.7 cm³/mol. The van der Waals surface area contributed by atoms with Crippen molar-refractivity contribution in [1.29, 1.82) is 0 Å². The van der Waals surface area contributed by atoms with E-state index in [0.717, 1.165) is 0 Å². The van der Waals surface area contributed by atoms with Gasteiger partial charge < -0.3 is 5.11 Å². The molecule has 1 rings (SSSR count). The molecule has 1 aliphatic rings. The summed E-state index contributed by atoms with van der Waals surface area (Å²) in [6, 6.07) is 0.521. The van der Waals surface area contributed by atoms with Gasteiger partial charge in [-0.2, -0.15) is 11.8 Å². The molecule has 0 spiro atoms. The van der Waals surface area contributed by atoms with Crippen molar-refractivity contribution in [2.24, 2.45) is 0 Å². The average Bonchev–Trinajstić information content (AvgIpc) is 2.18. The Balaban J connectivity index is 2.70. The van der Waals surface area contributed by atoms with Gasteiger partial charge in [0.25, 0.3) is 0 Å². The lowest BCUT2D eigenvalue weighted by Gasteiger charge is -2.45. The van der Waals surface area contributed by atoms with Crippen LogP contribution < -0.4 is 0 Å². The summed E-state index contributed by atoms with van der Waals surface area (Å²) in [6.45, 7) is 9.48. The van der Waals surface area contributed by atoms with Gasteiger partial charge in [-0.05, 0) is 39.4 Å². The first-order valence-electron chi connectivity index (χ1n) is 6.42. The van der Waals surface area contributed by atoms with Crippen molar-refractivity contribution in [2.45, 2.75) is 63.8 Å². The van der Waals surface area contributed by atoms with Crippen LogP contribution in [0.25, 0.3) is 0 Å². The topological polar surface area (TPSA) is 40.5 Å². The zero-order valence-electron chi connectivity index (χ0n) is 11.4. The van der Waals surface area contributed by atoms with Gasteiger partial charge in [0.15, 0.2) is 0 Å². The number of nitrogens with zero attached hydrogens (tertiary/aromatic N) is 1. The first kappa shape index (κ1) is 14.8. The largest absolute Gasteiger partial charge is 0.481 e. The van der Waals surface area contributed by atoms with Gasteiger partial charge in [0.2, 0.25) is 0 Å². The van der Waals surface area contributed by atoms with Crippen molar-refractivity contribution in [2.75, 3.05) is 12.3 Å². The van der Waals surface area contributed by atoms with Gasteiger partial charge in [-0.15, -0.1) is 0 Å². The van der Waals surface area contributed by atoms with Gasteiger partial charge in [-0.3, -0.25) is 9.69 Å². The van der Waals surface area contributed by atoms with E-state index in [-0.39, 0.29) is 12.0 Å². The molecule has 0 saturated carbocycles. The SMILES string of the molecule is CC1SCCCC1N(CCC(=O)O)C(C)(C)C. The van der Waals surface area contributed by atoms with Crippen molar-refractivity contribution in [3.05, 3.63) is 0 Å². The Labute approximate surface area is 109 Å². The zero-order valence-corrected chi connectivity index (χ0v) is 12.2. The molecule has 1 N–H and O–H groups in total. The number of carboxylic acid groups (broad SMARTS) is 1. The maximum Gasteiger partial charge on any atom is 0.304 e. The molecule has 1 aliphatic heterocycles. The molecule has 0 bridgehead atoms. The summed E-state index contributed by atoms with van der Waals surface area (Å²) in [4.78, 5) is 13.1. The van der Waals surface area contributed by atoms with E-state index in [9.17, 15) is 4.79 Å². The van der Waals surface area contributed by atoms with Crippen LogP contribution in [0.15, 0.2) is 0 Å². The molecule has 0 radical (unpaired) electrons. The van der Waals surface area contributed by atoms with Crippen molar-refractivity contribution in [1.82, 2.24) is 4.90 Å². The fourth-order valence-electron chi connectivity index (χ4n) is 2.53. The minimum absolute atomic E-state index is 0.0479. The van der Waals surface area contributed by atoms with Crippen LogP contribution in [-0.4, -0.2) is 45.1 Å². The minimum atomic E-state index is -0.699. The van der Waals surface area contributed by atoms with E-state index < -0.39 is 5.97 Å². The van der Waals surface area contributed by atoms with Gasteiger partial charge in [0, 0.05) is 23.4 Å². The lowest BCUT2D eigenvalue weighted by Crippen LogP contribution is -2.53. The molecule has 0 amide bonds.